The molecule has 0 spiro atoms. The summed E-state index contributed by atoms with van der Waals surface area (Å²) in [6.07, 6.45) is 0.138. The highest BCUT2D eigenvalue weighted by atomic mass is 19.3. The van der Waals surface area contributed by atoms with Gasteiger partial charge >= 0.3 is 6.61 Å². The molecule has 1 aromatic rings. The number of alkyl halides is 2. The third-order valence-electron chi connectivity index (χ3n) is 3.38. The van der Waals surface area contributed by atoms with Crippen molar-refractivity contribution in [1.29, 1.82) is 0 Å². The first-order valence-corrected chi connectivity index (χ1v) is 7.21. The van der Waals surface area contributed by atoms with E-state index in [9.17, 15) is 13.6 Å². The first-order valence-electron chi connectivity index (χ1n) is 7.21. The van der Waals surface area contributed by atoms with Crippen LogP contribution in [0.4, 0.5) is 8.78 Å². The third kappa shape index (κ3) is 5.23. The second-order valence-electron chi connectivity index (χ2n) is 5.14. The van der Waals surface area contributed by atoms with E-state index in [1.165, 1.54) is 12.1 Å². The average molecular weight is 314 g/mol. The van der Waals surface area contributed by atoms with E-state index in [2.05, 4.69) is 15.4 Å². The Kier molecular flexibility index (Phi) is 6.09. The van der Waals surface area contributed by atoms with Crippen LogP contribution in [0.3, 0.4) is 0 Å². The summed E-state index contributed by atoms with van der Waals surface area (Å²) >= 11 is 0. The van der Waals surface area contributed by atoms with E-state index in [-0.39, 0.29) is 30.2 Å². The highest BCUT2D eigenvalue weighted by Crippen LogP contribution is 2.20. The largest absolute Gasteiger partial charge is 0.435 e. The van der Waals surface area contributed by atoms with Gasteiger partial charge in [0.15, 0.2) is 0 Å². The minimum absolute atomic E-state index is 0.0772. The number of halogens is 2. The van der Waals surface area contributed by atoms with E-state index in [0.29, 0.717) is 18.7 Å². The van der Waals surface area contributed by atoms with Gasteiger partial charge in [-0.15, -0.1) is 0 Å². The summed E-state index contributed by atoms with van der Waals surface area (Å²) in [5, 5.41) is 5.99. The van der Waals surface area contributed by atoms with Crippen molar-refractivity contribution in [2.45, 2.75) is 32.1 Å². The summed E-state index contributed by atoms with van der Waals surface area (Å²) in [6.45, 7) is 0.973. The first-order chi connectivity index (χ1) is 10.5. The molecule has 1 saturated heterocycles. The molecule has 1 fully saturated rings. The molecule has 1 aromatic carbocycles. The summed E-state index contributed by atoms with van der Waals surface area (Å²) in [5.74, 6) is -0.0604. The second kappa shape index (κ2) is 8.05. The van der Waals surface area contributed by atoms with Gasteiger partial charge in [-0.1, -0.05) is 12.1 Å². The lowest BCUT2D eigenvalue weighted by Gasteiger charge is -2.24. The molecule has 0 saturated carbocycles. The van der Waals surface area contributed by atoms with Gasteiger partial charge in [0.1, 0.15) is 5.75 Å². The van der Waals surface area contributed by atoms with Crippen LogP contribution in [-0.2, 0) is 9.53 Å². The Hall–Kier alpha value is -1.73. The van der Waals surface area contributed by atoms with Gasteiger partial charge in [-0.25, -0.2) is 0 Å². The Labute approximate surface area is 128 Å². The number of ether oxygens (including phenoxy) is 2. The van der Waals surface area contributed by atoms with Crippen LogP contribution in [-0.4, -0.2) is 38.3 Å². The Morgan fingerprint density at radius 2 is 2.36 bits per heavy atom. The van der Waals surface area contributed by atoms with Crippen LogP contribution in [0.15, 0.2) is 24.3 Å². The quantitative estimate of drug-likeness (QED) is 0.841. The molecule has 5 nitrogen and oxygen atoms in total. The Balaban J connectivity index is 1.87. The zero-order valence-electron chi connectivity index (χ0n) is 12.4. The van der Waals surface area contributed by atoms with Crippen molar-refractivity contribution in [2.75, 3.05) is 19.7 Å². The van der Waals surface area contributed by atoms with Gasteiger partial charge < -0.3 is 20.1 Å². The smallest absolute Gasteiger partial charge is 0.387 e. The van der Waals surface area contributed by atoms with Crippen molar-refractivity contribution in [3.63, 3.8) is 0 Å². The van der Waals surface area contributed by atoms with Gasteiger partial charge in [-0.3, -0.25) is 4.79 Å². The van der Waals surface area contributed by atoms with Crippen molar-refractivity contribution in [3.8, 4) is 5.75 Å². The maximum absolute atomic E-state index is 12.2. The molecule has 122 valence electrons. The summed E-state index contributed by atoms with van der Waals surface area (Å²) in [6, 6.07) is 6.01. The van der Waals surface area contributed by atoms with Gasteiger partial charge in [0.2, 0.25) is 5.91 Å². The van der Waals surface area contributed by atoms with E-state index in [0.717, 1.165) is 6.54 Å². The fraction of sp³-hybridized carbons (Fsp3) is 0.533. The lowest BCUT2D eigenvalue weighted by atomic mass is 10.1. The topological polar surface area (TPSA) is 59.6 Å². The van der Waals surface area contributed by atoms with Gasteiger partial charge in [-0.2, -0.15) is 8.78 Å². The maximum atomic E-state index is 12.2. The molecule has 0 bridgehead atoms. The molecule has 7 heteroatoms. The molecule has 2 unspecified atom stereocenters. The van der Waals surface area contributed by atoms with Gasteiger partial charge in [0.25, 0.3) is 0 Å². The van der Waals surface area contributed by atoms with Gasteiger partial charge in [0, 0.05) is 13.1 Å². The number of morpholine rings is 1. The summed E-state index contributed by atoms with van der Waals surface area (Å²) in [7, 11) is 0. The first kappa shape index (κ1) is 16.6. The molecule has 0 aromatic heterocycles. The molecule has 22 heavy (non-hydrogen) atoms. The number of nitrogens with one attached hydrogen (secondary N) is 2. The van der Waals surface area contributed by atoms with Crippen molar-refractivity contribution in [2.24, 2.45) is 0 Å². The number of benzene rings is 1. The van der Waals surface area contributed by atoms with Crippen molar-refractivity contribution >= 4 is 5.91 Å². The zero-order valence-corrected chi connectivity index (χ0v) is 12.4. The van der Waals surface area contributed by atoms with E-state index in [4.69, 9.17) is 4.74 Å². The molecular formula is C15H20F2N2O3. The zero-order chi connectivity index (χ0) is 15.9. The predicted octanol–water partition coefficient (Wildman–Crippen LogP) is 1.84. The number of hydrogen-bond acceptors (Lipinski definition) is 4. The number of rotatable bonds is 6. The molecule has 1 aliphatic heterocycles. The molecule has 0 radical (unpaired) electrons. The van der Waals surface area contributed by atoms with Crippen LogP contribution in [0.2, 0.25) is 0 Å². The van der Waals surface area contributed by atoms with Crippen LogP contribution in [0.1, 0.15) is 24.9 Å². The number of carbonyl (C=O) groups is 1. The SMILES string of the molecule is CC(NC(=O)CC1CNCCO1)c1cccc(OC(F)F)c1. The second-order valence-corrected chi connectivity index (χ2v) is 5.14. The van der Waals surface area contributed by atoms with Crippen molar-refractivity contribution in [3.05, 3.63) is 29.8 Å². The Morgan fingerprint density at radius 1 is 1.55 bits per heavy atom. The fourth-order valence-electron chi connectivity index (χ4n) is 2.30. The molecule has 1 heterocycles. The normalized spacial score (nSPS) is 19.7. The fourth-order valence-corrected chi connectivity index (χ4v) is 2.30. The molecule has 2 atom stereocenters. The van der Waals surface area contributed by atoms with Crippen LogP contribution in [0, 0.1) is 0 Å². The summed E-state index contributed by atoms with van der Waals surface area (Å²) in [5.41, 5.74) is 0.703. The maximum Gasteiger partial charge on any atom is 0.387 e. The Morgan fingerprint density at radius 3 is 3.05 bits per heavy atom. The predicted molar refractivity (Wildman–Crippen MR) is 76.9 cm³/mol. The van der Waals surface area contributed by atoms with Crippen LogP contribution in [0.5, 0.6) is 5.75 Å². The third-order valence-corrected chi connectivity index (χ3v) is 3.38. The molecule has 2 N–H and O–H groups in total. The molecule has 0 aliphatic carbocycles. The lowest BCUT2D eigenvalue weighted by molar-refractivity contribution is -0.125. The minimum Gasteiger partial charge on any atom is -0.435 e. The van der Waals surface area contributed by atoms with E-state index in [1.54, 1.807) is 19.1 Å². The monoisotopic (exact) mass is 314 g/mol. The van der Waals surface area contributed by atoms with Crippen LogP contribution >= 0.6 is 0 Å². The van der Waals surface area contributed by atoms with E-state index < -0.39 is 6.61 Å². The van der Waals surface area contributed by atoms with Crippen molar-refractivity contribution < 1.29 is 23.0 Å². The van der Waals surface area contributed by atoms with Gasteiger partial charge in [0.05, 0.1) is 25.2 Å². The lowest BCUT2D eigenvalue weighted by Crippen LogP contribution is -2.41. The van der Waals surface area contributed by atoms with Gasteiger partial charge in [-0.05, 0) is 24.6 Å². The molecule has 1 amide bonds. The highest BCUT2D eigenvalue weighted by molar-refractivity contribution is 5.77. The highest BCUT2D eigenvalue weighted by Gasteiger charge is 2.19. The van der Waals surface area contributed by atoms with E-state index in [1.807, 2.05) is 0 Å². The van der Waals surface area contributed by atoms with E-state index >= 15 is 0 Å². The summed E-state index contributed by atoms with van der Waals surface area (Å²) < 4.78 is 34.3. The standard InChI is InChI=1S/C15H20F2N2O3/c1-10(11-3-2-4-12(7-11)22-15(16)17)19-14(20)8-13-9-18-5-6-21-13/h2-4,7,10,13,15,18H,5-6,8-9H2,1H3,(H,19,20). The molecule has 1 aliphatic rings. The Bertz CT molecular complexity index is 493. The summed E-state index contributed by atoms with van der Waals surface area (Å²) in [4.78, 5) is 12.0. The minimum atomic E-state index is -2.86. The van der Waals surface area contributed by atoms with Crippen molar-refractivity contribution in [1.82, 2.24) is 10.6 Å². The number of carbonyl (C=O) groups excluding carboxylic acids is 1. The van der Waals surface area contributed by atoms with Crippen LogP contribution < -0.4 is 15.4 Å². The molecule has 2 rings (SSSR count). The van der Waals surface area contributed by atoms with Crippen LogP contribution in [0.25, 0.3) is 0 Å². The average Bonchev–Trinajstić information content (AvgIpc) is 2.47. The number of hydrogen-bond donors (Lipinski definition) is 2. The molecular weight excluding hydrogens is 294 g/mol. The number of amides is 1.